The fraction of sp³-hybridized carbons (Fsp3) is 0.200. The normalized spacial score (nSPS) is 12.1. The molecule has 1 aromatic rings. The Kier molecular flexibility index (Phi) is 2.86. The van der Waals surface area contributed by atoms with E-state index in [1.165, 1.54) is 0 Å². The Bertz CT molecular complexity index is 374. The second-order valence-corrected chi connectivity index (χ2v) is 3.06. The van der Waals surface area contributed by atoms with E-state index < -0.39 is 11.9 Å². The van der Waals surface area contributed by atoms with Gasteiger partial charge >= 0.3 is 5.97 Å². The van der Waals surface area contributed by atoms with Crippen molar-refractivity contribution in [2.45, 2.75) is 12.8 Å². The molecule has 0 saturated carbocycles. The van der Waals surface area contributed by atoms with Crippen LogP contribution in [0.3, 0.4) is 0 Å². The van der Waals surface area contributed by atoms with Crippen molar-refractivity contribution < 1.29 is 9.90 Å². The van der Waals surface area contributed by atoms with Gasteiger partial charge in [-0.15, -0.1) is 0 Å². The summed E-state index contributed by atoms with van der Waals surface area (Å²) in [6.45, 7) is 1.57. The van der Waals surface area contributed by atoms with E-state index in [0.29, 0.717) is 11.1 Å². The first-order valence-electron chi connectivity index (χ1n) is 4.20. The van der Waals surface area contributed by atoms with Crippen molar-refractivity contribution in [3.63, 3.8) is 0 Å². The van der Waals surface area contributed by atoms with Crippen LogP contribution < -0.4 is 5.73 Å². The number of amidine groups is 1. The van der Waals surface area contributed by atoms with Crippen molar-refractivity contribution in [2.75, 3.05) is 0 Å². The van der Waals surface area contributed by atoms with Crippen LogP contribution in [0.25, 0.3) is 0 Å². The van der Waals surface area contributed by atoms with Crippen molar-refractivity contribution in [2.24, 2.45) is 5.73 Å². The number of benzene rings is 1. The monoisotopic (exact) mass is 192 g/mol. The lowest BCUT2D eigenvalue weighted by Gasteiger charge is -2.11. The van der Waals surface area contributed by atoms with Crippen LogP contribution >= 0.6 is 0 Å². The summed E-state index contributed by atoms with van der Waals surface area (Å²) in [5.41, 5.74) is 6.41. The zero-order chi connectivity index (χ0) is 10.7. The number of aliphatic carboxylic acids is 1. The number of rotatable bonds is 3. The maximum atomic E-state index is 10.8. The molecule has 0 aliphatic heterocycles. The van der Waals surface area contributed by atoms with Gasteiger partial charge in [0, 0.05) is 5.56 Å². The van der Waals surface area contributed by atoms with E-state index in [-0.39, 0.29) is 5.84 Å². The third-order valence-electron chi connectivity index (χ3n) is 2.09. The summed E-state index contributed by atoms with van der Waals surface area (Å²) in [4.78, 5) is 10.8. The predicted molar refractivity (Wildman–Crippen MR) is 53.5 cm³/mol. The molecular formula is C10H12N2O2. The minimum absolute atomic E-state index is 0.103. The summed E-state index contributed by atoms with van der Waals surface area (Å²) in [5.74, 6) is -1.66. The smallest absolute Gasteiger partial charge is 0.310 e. The summed E-state index contributed by atoms with van der Waals surface area (Å²) >= 11 is 0. The topological polar surface area (TPSA) is 87.2 Å². The third-order valence-corrected chi connectivity index (χ3v) is 2.09. The van der Waals surface area contributed by atoms with Crippen molar-refractivity contribution in [1.29, 1.82) is 5.41 Å². The summed E-state index contributed by atoms with van der Waals surface area (Å²) < 4.78 is 0. The fourth-order valence-electron chi connectivity index (χ4n) is 1.25. The number of nitrogens with one attached hydrogen (secondary N) is 1. The molecule has 0 radical (unpaired) electrons. The second-order valence-electron chi connectivity index (χ2n) is 3.06. The van der Waals surface area contributed by atoms with Gasteiger partial charge in [-0.1, -0.05) is 24.3 Å². The van der Waals surface area contributed by atoms with Gasteiger partial charge in [0.05, 0.1) is 5.92 Å². The minimum atomic E-state index is -0.918. The Labute approximate surface area is 81.9 Å². The molecule has 0 spiro atoms. The molecule has 1 unspecified atom stereocenters. The van der Waals surface area contributed by atoms with Crippen LogP contribution in [0.15, 0.2) is 24.3 Å². The first kappa shape index (κ1) is 10.2. The third kappa shape index (κ3) is 1.90. The molecular weight excluding hydrogens is 180 g/mol. The van der Waals surface area contributed by atoms with E-state index in [4.69, 9.17) is 16.2 Å². The first-order chi connectivity index (χ1) is 6.54. The number of nitrogens with two attached hydrogens (primary N) is 1. The van der Waals surface area contributed by atoms with Crippen LogP contribution in [0.1, 0.15) is 24.0 Å². The molecule has 0 aliphatic carbocycles. The van der Waals surface area contributed by atoms with Gasteiger partial charge in [-0.25, -0.2) is 0 Å². The standard InChI is InChI=1S/C10H12N2O2/c1-6(10(13)14)7-4-2-3-5-8(7)9(11)12/h2-6H,1H3,(H3,11,12)(H,13,14). The Morgan fingerprint density at radius 2 is 2.07 bits per heavy atom. The van der Waals surface area contributed by atoms with Gasteiger partial charge in [0.2, 0.25) is 0 Å². The molecule has 1 atom stereocenters. The summed E-state index contributed by atoms with van der Waals surface area (Å²) in [5, 5.41) is 16.1. The van der Waals surface area contributed by atoms with Gasteiger partial charge in [0.25, 0.3) is 0 Å². The lowest BCUT2D eigenvalue weighted by molar-refractivity contribution is -0.138. The molecule has 0 amide bonds. The van der Waals surface area contributed by atoms with Crippen LogP contribution in [0.5, 0.6) is 0 Å². The predicted octanol–water partition coefficient (Wildman–Crippen LogP) is 1.16. The number of hydrogen-bond donors (Lipinski definition) is 3. The Hall–Kier alpha value is -1.84. The molecule has 1 rings (SSSR count). The van der Waals surface area contributed by atoms with Gasteiger partial charge in [0.1, 0.15) is 5.84 Å². The molecule has 0 fully saturated rings. The largest absolute Gasteiger partial charge is 0.481 e. The number of nitrogen functional groups attached to an aromatic ring is 1. The zero-order valence-electron chi connectivity index (χ0n) is 7.82. The van der Waals surface area contributed by atoms with E-state index in [0.717, 1.165) is 0 Å². The van der Waals surface area contributed by atoms with E-state index in [1.54, 1.807) is 31.2 Å². The molecule has 1 aromatic carbocycles. The quantitative estimate of drug-likeness (QED) is 0.496. The molecule has 74 valence electrons. The Balaban J connectivity index is 3.19. The van der Waals surface area contributed by atoms with Crippen LogP contribution in [-0.2, 0) is 4.79 Å². The van der Waals surface area contributed by atoms with Crippen LogP contribution in [0.2, 0.25) is 0 Å². The Morgan fingerprint density at radius 3 is 2.57 bits per heavy atom. The summed E-state index contributed by atoms with van der Waals surface area (Å²) in [6.07, 6.45) is 0. The van der Waals surface area contributed by atoms with Gasteiger partial charge in [-0.2, -0.15) is 0 Å². The molecule has 0 bridgehead atoms. The highest BCUT2D eigenvalue weighted by molar-refractivity contribution is 5.97. The maximum Gasteiger partial charge on any atom is 0.310 e. The highest BCUT2D eigenvalue weighted by Gasteiger charge is 2.17. The van der Waals surface area contributed by atoms with Gasteiger partial charge < -0.3 is 10.8 Å². The molecule has 14 heavy (non-hydrogen) atoms. The van der Waals surface area contributed by atoms with Crippen LogP contribution in [-0.4, -0.2) is 16.9 Å². The molecule has 0 aliphatic rings. The van der Waals surface area contributed by atoms with E-state index in [1.807, 2.05) is 0 Å². The van der Waals surface area contributed by atoms with Crippen molar-refractivity contribution in [1.82, 2.24) is 0 Å². The number of carbonyl (C=O) groups is 1. The maximum absolute atomic E-state index is 10.8. The highest BCUT2D eigenvalue weighted by atomic mass is 16.4. The highest BCUT2D eigenvalue weighted by Crippen LogP contribution is 2.19. The van der Waals surface area contributed by atoms with Gasteiger partial charge in [-0.05, 0) is 12.5 Å². The second kappa shape index (κ2) is 3.91. The van der Waals surface area contributed by atoms with Crippen molar-refractivity contribution >= 4 is 11.8 Å². The lowest BCUT2D eigenvalue weighted by Crippen LogP contribution is -2.17. The Morgan fingerprint density at radius 1 is 1.50 bits per heavy atom. The first-order valence-corrected chi connectivity index (χ1v) is 4.20. The molecule has 0 aromatic heterocycles. The fourth-order valence-corrected chi connectivity index (χ4v) is 1.25. The summed E-state index contributed by atoms with van der Waals surface area (Å²) in [6, 6.07) is 6.79. The zero-order valence-corrected chi connectivity index (χ0v) is 7.82. The van der Waals surface area contributed by atoms with Crippen molar-refractivity contribution in [3.05, 3.63) is 35.4 Å². The molecule has 0 saturated heterocycles. The van der Waals surface area contributed by atoms with Gasteiger partial charge in [-0.3, -0.25) is 10.2 Å². The summed E-state index contributed by atoms with van der Waals surface area (Å²) in [7, 11) is 0. The van der Waals surface area contributed by atoms with E-state index >= 15 is 0 Å². The SMILES string of the molecule is CC(C(=O)O)c1ccccc1C(=N)N. The molecule has 4 N–H and O–H groups in total. The van der Waals surface area contributed by atoms with Crippen LogP contribution in [0.4, 0.5) is 0 Å². The minimum Gasteiger partial charge on any atom is -0.481 e. The van der Waals surface area contributed by atoms with Gasteiger partial charge in [0.15, 0.2) is 0 Å². The average molecular weight is 192 g/mol. The number of carboxylic acid groups (broad SMARTS) is 1. The average Bonchev–Trinajstić information content (AvgIpc) is 2.16. The molecule has 4 heteroatoms. The van der Waals surface area contributed by atoms with Crippen LogP contribution in [0, 0.1) is 5.41 Å². The number of carboxylic acids is 1. The molecule has 0 heterocycles. The number of hydrogen-bond acceptors (Lipinski definition) is 2. The lowest BCUT2D eigenvalue weighted by atomic mass is 9.95. The van der Waals surface area contributed by atoms with E-state index in [9.17, 15) is 4.79 Å². The van der Waals surface area contributed by atoms with Crippen molar-refractivity contribution in [3.8, 4) is 0 Å². The molecule has 4 nitrogen and oxygen atoms in total. The van der Waals surface area contributed by atoms with E-state index in [2.05, 4.69) is 0 Å².